The number of hydrogen-bond acceptors (Lipinski definition) is 3. The minimum absolute atomic E-state index is 0.0875. The number of aromatic nitrogens is 1. The minimum Gasteiger partial charge on any atom is -0.477 e. The molecule has 108 valence electrons. The molecule has 1 aromatic heterocycles. The number of pyridine rings is 1. The third-order valence-electron chi connectivity index (χ3n) is 3.80. The van der Waals surface area contributed by atoms with Crippen molar-refractivity contribution >= 4 is 11.9 Å². The molecule has 0 aromatic carbocycles. The van der Waals surface area contributed by atoms with Crippen molar-refractivity contribution in [2.45, 2.75) is 45.1 Å². The van der Waals surface area contributed by atoms with Crippen molar-refractivity contribution in [1.29, 1.82) is 0 Å². The Morgan fingerprint density at radius 1 is 1.25 bits per heavy atom. The summed E-state index contributed by atoms with van der Waals surface area (Å²) in [6, 6.07) is 4.81. The summed E-state index contributed by atoms with van der Waals surface area (Å²) in [4.78, 5) is 29.2. The van der Waals surface area contributed by atoms with Crippen molar-refractivity contribution in [3.63, 3.8) is 0 Å². The highest BCUT2D eigenvalue weighted by molar-refractivity contribution is 5.94. The van der Waals surface area contributed by atoms with E-state index < -0.39 is 5.97 Å². The van der Waals surface area contributed by atoms with Crippen LogP contribution in [0.5, 0.6) is 0 Å². The van der Waals surface area contributed by atoms with E-state index in [2.05, 4.69) is 4.98 Å². The zero-order valence-corrected chi connectivity index (χ0v) is 11.7. The van der Waals surface area contributed by atoms with E-state index in [1.165, 1.54) is 12.5 Å². The first-order valence-electron chi connectivity index (χ1n) is 7.14. The zero-order valence-electron chi connectivity index (χ0n) is 11.7. The van der Waals surface area contributed by atoms with Gasteiger partial charge < -0.3 is 10.0 Å². The van der Waals surface area contributed by atoms with Gasteiger partial charge in [-0.25, -0.2) is 9.78 Å². The molecule has 0 aliphatic heterocycles. The van der Waals surface area contributed by atoms with Crippen LogP contribution in [0.3, 0.4) is 0 Å². The Kier molecular flexibility index (Phi) is 4.71. The summed E-state index contributed by atoms with van der Waals surface area (Å²) in [5.74, 6) is -1.28. The smallest absolute Gasteiger partial charge is 0.354 e. The maximum atomic E-state index is 12.5. The van der Waals surface area contributed by atoms with Crippen molar-refractivity contribution in [3.05, 3.63) is 29.6 Å². The Labute approximate surface area is 118 Å². The van der Waals surface area contributed by atoms with Gasteiger partial charge in [0.25, 0.3) is 5.91 Å². The lowest BCUT2D eigenvalue weighted by molar-refractivity contribution is 0.0641. The van der Waals surface area contributed by atoms with Gasteiger partial charge in [-0.05, 0) is 31.9 Å². The fourth-order valence-corrected chi connectivity index (χ4v) is 2.78. The van der Waals surface area contributed by atoms with Gasteiger partial charge in [-0.15, -0.1) is 0 Å². The van der Waals surface area contributed by atoms with Gasteiger partial charge >= 0.3 is 5.97 Å². The molecule has 1 heterocycles. The van der Waals surface area contributed by atoms with Crippen LogP contribution in [-0.4, -0.2) is 39.5 Å². The summed E-state index contributed by atoms with van der Waals surface area (Å²) in [5.41, 5.74) is 0.132. The van der Waals surface area contributed by atoms with Crippen LogP contribution in [0, 0.1) is 0 Å². The molecular formula is C15H20N2O3. The van der Waals surface area contributed by atoms with E-state index in [4.69, 9.17) is 5.11 Å². The van der Waals surface area contributed by atoms with Gasteiger partial charge in [-0.2, -0.15) is 0 Å². The molecule has 1 fully saturated rings. The third-order valence-corrected chi connectivity index (χ3v) is 3.80. The molecule has 1 aromatic rings. The summed E-state index contributed by atoms with van der Waals surface area (Å²) in [7, 11) is 0. The van der Waals surface area contributed by atoms with Crippen molar-refractivity contribution in [1.82, 2.24) is 9.88 Å². The highest BCUT2D eigenvalue weighted by Gasteiger charge is 2.26. The van der Waals surface area contributed by atoms with E-state index in [1.807, 2.05) is 11.8 Å². The van der Waals surface area contributed by atoms with E-state index >= 15 is 0 Å². The van der Waals surface area contributed by atoms with Gasteiger partial charge in [-0.3, -0.25) is 4.79 Å². The lowest BCUT2D eigenvalue weighted by atomic mass is 9.94. The second-order valence-corrected chi connectivity index (χ2v) is 5.10. The number of amides is 1. The third kappa shape index (κ3) is 3.15. The first-order valence-corrected chi connectivity index (χ1v) is 7.14. The van der Waals surface area contributed by atoms with E-state index in [9.17, 15) is 9.59 Å². The highest BCUT2D eigenvalue weighted by atomic mass is 16.4. The Bertz CT molecular complexity index is 496. The van der Waals surface area contributed by atoms with Crippen LogP contribution in [0.25, 0.3) is 0 Å². The monoisotopic (exact) mass is 276 g/mol. The van der Waals surface area contributed by atoms with Gasteiger partial charge in [0.05, 0.1) is 0 Å². The second-order valence-electron chi connectivity index (χ2n) is 5.10. The summed E-state index contributed by atoms with van der Waals surface area (Å²) in [6.07, 6.45) is 5.58. The summed E-state index contributed by atoms with van der Waals surface area (Å²) < 4.78 is 0. The predicted octanol–water partition coefficient (Wildman–Crippen LogP) is 2.57. The lowest BCUT2D eigenvalue weighted by Crippen LogP contribution is -2.41. The van der Waals surface area contributed by atoms with E-state index in [0.29, 0.717) is 6.54 Å². The van der Waals surface area contributed by atoms with Crippen LogP contribution in [0.1, 0.15) is 60.0 Å². The molecule has 5 nitrogen and oxygen atoms in total. The number of carbonyl (C=O) groups is 2. The molecule has 5 heteroatoms. The second kappa shape index (κ2) is 6.50. The van der Waals surface area contributed by atoms with Crippen molar-refractivity contribution in [2.24, 2.45) is 0 Å². The normalized spacial score (nSPS) is 15.8. The molecule has 0 bridgehead atoms. The Hall–Kier alpha value is -1.91. The van der Waals surface area contributed by atoms with Crippen LogP contribution in [0.4, 0.5) is 0 Å². The number of nitrogens with zero attached hydrogens (tertiary/aromatic N) is 2. The lowest BCUT2D eigenvalue weighted by Gasteiger charge is -2.33. The quantitative estimate of drug-likeness (QED) is 0.917. The van der Waals surface area contributed by atoms with Gasteiger partial charge in [0.1, 0.15) is 11.4 Å². The average Bonchev–Trinajstić information content (AvgIpc) is 2.49. The Morgan fingerprint density at radius 2 is 1.90 bits per heavy atom. The highest BCUT2D eigenvalue weighted by Crippen LogP contribution is 2.23. The van der Waals surface area contributed by atoms with E-state index in [-0.39, 0.29) is 23.3 Å². The zero-order chi connectivity index (χ0) is 14.5. The first kappa shape index (κ1) is 14.5. The molecule has 1 amide bonds. The Balaban J connectivity index is 2.19. The molecule has 1 aliphatic carbocycles. The molecule has 0 saturated heterocycles. The van der Waals surface area contributed by atoms with Gasteiger partial charge in [0, 0.05) is 12.6 Å². The molecule has 0 unspecified atom stereocenters. The fraction of sp³-hybridized carbons (Fsp3) is 0.533. The van der Waals surface area contributed by atoms with Gasteiger partial charge in [0.15, 0.2) is 0 Å². The molecule has 0 radical (unpaired) electrons. The number of hydrogen-bond donors (Lipinski definition) is 1. The standard InChI is InChI=1S/C15H20N2O3/c1-2-17(11-7-4-3-5-8-11)14(18)12-9-6-10-13(16-12)15(19)20/h6,9-11H,2-5,7-8H2,1H3,(H,19,20). The molecule has 20 heavy (non-hydrogen) atoms. The maximum absolute atomic E-state index is 12.5. The van der Waals surface area contributed by atoms with Crippen molar-refractivity contribution < 1.29 is 14.7 Å². The first-order chi connectivity index (χ1) is 9.63. The topological polar surface area (TPSA) is 70.5 Å². The molecular weight excluding hydrogens is 256 g/mol. The van der Waals surface area contributed by atoms with Gasteiger partial charge in [-0.1, -0.05) is 25.3 Å². The molecule has 0 spiro atoms. The predicted molar refractivity (Wildman–Crippen MR) is 74.8 cm³/mol. The molecule has 2 rings (SSSR count). The SMILES string of the molecule is CCN(C(=O)c1cccc(C(=O)O)n1)C1CCCCC1. The van der Waals surface area contributed by atoms with Crippen molar-refractivity contribution in [2.75, 3.05) is 6.54 Å². The van der Waals surface area contributed by atoms with Crippen LogP contribution in [0.15, 0.2) is 18.2 Å². The molecule has 1 saturated carbocycles. The number of rotatable bonds is 4. The number of carboxylic acid groups (broad SMARTS) is 1. The van der Waals surface area contributed by atoms with Crippen LogP contribution in [0.2, 0.25) is 0 Å². The van der Waals surface area contributed by atoms with E-state index in [0.717, 1.165) is 25.7 Å². The number of aromatic carboxylic acids is 1. The molecule has 1 N–H and O–H groups in total. The number of carbonyl (C=O) groups excluding carboxylic acids is 1. The molecule has 0 atom stereocenters. The number of carboxylic acids is 1. The van der Waals surface area contributed by atoms with Gasteiger partial charge in [0.2, 0.25) is 0 Å². The summed E-state index contributed by atoms with van der Waals surface area (Å²) in [5, 5.41) is 8.95. The summed E-state index contributed by atoms with van der Waals surface area (Å²) in [6.45, 7) is 2.58. The largest absolute Gasteiger partial charge is 0.477 e. The van der Waals surface area contributed by atoms with E-state index in [1.54, 1.807) is 12.1 Å². The van der Waals surface area contributed by atoms with Crippen LogP contribution < -0.4 is 0 Å². The average molecular weight is 276 g/mol. The fourth-order valence-electron chi connectivity index (χ4n) is 2.78. The minimum atomic E-state index is -1.11. The summed E-state index contributed by atoms with van der Waals surface area (Å²) >= 11 is 0. The van der Waals surface area contributed by atoms with Crippen molar-refractivity contribution in [3.8, 4) is 0 Å². The van der Waals surface area contributed by atoms with Crippen LogP contribution in [-0.2, 0) is 0 Å². The molecule has 1 aliphatic rings. The maximum Gasteiger partial charge on any atom is 0.354 e. The Morgan fingerprint density at radius 3 is 2.50 bits per heavy atom. The van der Waals surface area contributed by atoms with Crippen LogP contribution >= 0.6 is 0 Å².